The third-order valence-corrected chi connectivity index (χ3v) is 3.93. The molecule has 7 heteroatoms. The molecule has 0 bridgehead atoms. The summed E-state index contributed by atoms with van der Waals surface area (Å²) in [5.41, 5.74) is 3.76. The molecule has 0 saturated carbocycles. The summed E-state index contributed by atoms with van der Waals surface area (Å²) >= 11 is 3.44. The standard InChI is InChI=1S/C19H21BrN2O4/c1-4-25-15-8-6-14(7-9-15)19(23)22-21-12-13-10-16(20)18(24-3)17(11-13)26-5-2/h6-12H,4-5H2,1-3H3,(H,22,23)/b21-12+. The topological polar surface area (TPSA) is 69.2 Å². The number of amides is 1. The Morgan fingerprint density at radius 1 is 1.15 bits per heavy atom. The van der Waals surface area contributed by atoms with Crippen LogP contribution in [0.1, 0.15) is 29.8 Å². The van der Waals surface area contributed by atoms with E-state index in [1.807, 2.05) is 19.9 Å². The molecule has 0 aliphatic rings. The molecule has 1 N–H and O–H groups in total. The van der Waals surface area contributed by atoms with E-state index in [0.29, 0.717) is 30.3 Å². The smallest absolute Gasteiger partial charge is 0.271 e. The zero-order chi connectivity index (χ0) is 18.9. The average molecular weight is 421 g/mol. The number of benzene rings is 2. The molecule has 0 unspecified atom stereocenters. The van der Waals surface area contributed by atoms with Crippen LogP contribution in [0, 0.1) is 0 Å². The Labute approximate surface area is 161 Å². The van der Waals surface area contributed by atoms with Gasteiger partial charge in [-0.2, -0.15) is 5.10 Å². The molecule has 6 nitrogen and oxygen atoms in total. The Hall–Kier alpha value is -2.54. The van der Waals surface area contributed by atoms with Crippen molar-refractivity contribution in [2.45, 2.75) is 13.8 Å². The lowest BCUT2D eigenvalue weighted by Gasteiger charge is -2.11. The van der Waals surface area contributed by atoms with Gasteiger partial charge in [-0.1, -0.05) is 0 Å². The minimum Gasteiger partial charge on any atom is -0.494 e. The van der Waals surface area contributed by atoms with Crippen molar-refractivity contribution in [3.05, 3.63) is 52.0 Å². The SMILES string of the molecule is CCOc1ccc(C(=O)N/N=C/c2cc(Br)c(OC)c(OCC)c2)cc1. The van der Waals surface area contributed by atoms with E-state index in [-0.39, 0.29) is 5.91 Å². The van der Waals surface area contributed by atoms with Gasteiger partial charge in [-0.15, -0.1) is 0 Å². The van der Waals surface area contributed by atoms with Crippen LogP contribution in [0.15, 0.2) is 46.0 Å². The maximum absolute atomic E-state index is 12.1. The molecular weight excluding hydrogens is 400 g/mol. The number of carbonyl (C=O) groups is 1. The largest absolute Gasteiger partial charge is 0.494 e. The van der Waals surface area contributed by atoms with E-state index < -0.39 is 0 Å². The monoisotopic (exact) mass is 420 g/mol. The number of halogens is 1. The number of hydrogen-bond acceptors (Lipinski definition) is 5. The second-order valence-corrected chi connectivity index (χ2v) is 5.98. The van der Waals surface area contributed by atoms with Crippen molar-refractivity contribution < 1.29 is 19.0 Å². The van der Waals surface area contributed by atoms with Crippen LogP contribution in [0.2, 0.25) is 0 Å². The second-order valence-electron chi connectivity index (χ2n) is 5.12. The first kappa shape index (κ1) is 19.8. The van der Waals surface area contributed by atoms with E-state index in [0.717, 1.165) is 15.8 Å². The second kappa shape index (κ2) is 9.82. The van der Waals surface area contributed by atoms with Gasteiger partial charge >= 0.3 is 0 Å². The lowest BCUT2D eigenvalue weighted by Crippen LogP contribution is -2.17. The van der Waals surface area contributed by atoms with Gasteiger partial charge in [0.25, 0.3) is 5.91 Å². The molecule has 0 aliphatic heterocycles. The van der Waals surface area contributed by atoms with Gasteiger partial charge in [-0.25, -0.2) is 5.43 Å². The lowest BCUT2D eigenvalue weighted by molar-refractivity contribution is 0.0955. The number of nitrogens with one attached hydrogen (secondary N) is 1. The van der Waals surface area contributed by atoms with Crippen LogP contribution in [0.5, 0.6) is 17.2 Å². The van der Waals surface area contributed by atoms with Crippen LogP contribution >= 0.6 is 15.9 Å². The van der Waals surface area contributed by atoms with Crippen LogP contribution in [0.3, 0.4) is 0 Å². The summed E-state index contributed by atoms with van der Waals surface area (Å²) in [6.07, 6.45) is 1.54. The van der Waals surface area contributed by atoms with Crippen LogP contribution in [0.4, 0.5) is 0 Å². The van der Waals surface area contributed by atoms with Crippen LogP contribution < -0.4 is 19.6 Å². The highest BCUT2D eigenvalue weighted by molar-refractivity contribution is 9.10. The van der Waals surface area contributed by atoms with Gasteiger partial charge in [-0.05, 0) is 71.7 Å². The van der Waals surface area contributed by atoms with Gasteiger partial charge < -0.3 is 14.2 Å². The zero-order valence-electron chi connectivity index (χ0n) is 14.9. The molecule has 0 aromatic heterocycles. The van der Waals surface area contributed by atoms with Crippen molar-refractivity contribution in [1.29, 1.82) is 0 Å². The normalized spacial score (nSPS) is 10.6. The van der Waals surface area contributed by atoms with Gasteiger partial charge in [-0.3, -0.25) is 4.79 Å². The van der Waals surface area contributed by atoms with E-state index in [9.17, 15) is 4.79 Å². The summed E-state index contributed by atoms with van der Waals surface area (Å²) in [7, 11) is 1.58. The quantitative estimate of drug-likeness (QED) is 0.517. The first-order valence-corrected chi connectivity index (χ1v) is 8.94. The van der Waals surface area contributed by atoms with E-state index in [2.05, 4.69) is 26.5 Å². The number of methoxy groups -OCH3 is 1. The Morgan fingerprint density at radius 2 is 1.85 bits per heavy atom. The summed E-state index contributed by atoms with van der Waals surface area (Å²) in [4.78, 5) is 12.1. The van der Waals surface area contributed by atoms with Crippen molar-refractivity contribution >= 4 is 28.1 Å². The molecule has 0 spiro atoms. The Morgan fingerprint density at radius 3 is 2.46 bits per heavy atom. The highest BCUT2D eigenvalue weighted by Gasteiger charge is 2.10. The number of hydrogen-bond donors (Lipinski definition) is 1. The molecule has 2 aromatic rings. The van der Waals surface area contributed by atoms with Crippen LogP contribution in [-0.4, -0.2) is 32.4 Å². The Balaban J connectivity index is 2.06. The molecule has 0 atom stereocenters. The van der Waals surface area contributed by atoms with Gasteiger partial charge in [0.1, 0.15) is 5.75 Å². The predicted molar refractivity (Wildman–Crippen MR) is 105 cm³/mol. The molecule has 2 rings (SSSR count). The third kappa shape index (κ3) is 5.23. The Bertz CT molecular complexity index is 776. The zero-order valence-corrected chi connectivity index (χ0v) is 16.5. The van der Waals surface area contributed by atoms with Crippen LogP contribution in [0.25, 0.3) is 0 Å². The summed E-state index contributed by atoms with van der Waals surface area (Å²) in [6, 6.07) is 10.5. The predicted octanol–water partition coefficient (Wildman–Crippen LogP) is 4.02. The minimum atomic E-state index is -0.304. The molecule has 0 heterocycles. The fourth-order valence-electron chi connectivity index (χ4n) is 2.22. The van der Waals surface area contributed by atoms with Crippen molar-refractivity contribution in [3.63, 3.8) is 0 Å². The van der Waals surface area contributed by atoms with E-state index in [4.69, 9.17) is 14.2 Å². The maximum atomic E-state index is 12.1. The van der Waals surface area contributed by atoms with Crippen molar-refractivity contribution in [2.24, 2.45) is 5.10 Å². The maximum Gasteiger partial charge on any atom is 0.271 e. The molecule has 26 heavy (non-hydrogen) atoms. The molecular formula is C19H21BrN2O4. The fourth-order valence-corrected chi connectivity index (χ4v) is 2.84. The summed E-state index contributed by atoms with van der Waals surface area (Å²) in [5, 5.41) is 4.00. The van der Waals surface area contributed by atoms with E-state index in [1.165, 1.54) is 0 Å². The van der Waals surface area contributed by atoms with Gasteiger partial charge in [0.2, 0.25) is 0 Å². The molecule has 2 aromatic carbocycles. The van der Waals surface area contributed by atoms with Crippen molar-refractivity contribution in [3.8, 4) is 17.2 Å². The summed E-state index contributed by atoms with van der Waals surface area (Å²) in [5.74, 6) is 1.63. The van der Waals surface area contributed by atoms with Crippen molar-refractivity contribution in [2.75, 3.05) is 20.3 Å². The van der Waals surface area contributed by atoms with E-state index in [1.54, 1.807) is 43.7 Å². The average Bonchev–Trinajstić information content (AvgIpc) is 2.63. The van der Waals surface area contributed by atoms with E-state index >= 15 is 0 Å². The highest BCUT2D eigenvalue weighted by Crippen LogP contribution is 2.36. The number of nitrogens with zero attached hydrogens (tertiary/aromatic N) is 1. The van der Waals surface area contributed by atoms with Gasteiger partial charge in [0, 0.05) is 5.56 Å². The minimum absolute atomic E-state index is 0.304. The van der Waals surface area contributed by atoms with Crippen LogP contribution in [-0.2, 0) is 0 Å². The fraction of sp³-hybridized carbons (Fsp3) is 0.263. The van der Waals surface area contributed by atoms with Gasteiger partial charge in [0.15, 0.2) is 11.5 Å². The molecule has 0 saturated heterocycles. The third-order valence-electron chi connectivity index (χ3n) is 3.34. The molecule has 0 radical (unpaired) electrons. The Kier molecular flexibility index (Phi) is 7.47. The highest BCUT2D eigenvalue weighted by atomic mass is 79.9. The number of ether oxygens (including phenoxy) is 3. The lowest BCUT2D eigenvalue weighted by atomic mass is 10.2. The summed E-state index contributed by atoms with van der Waals surface area (Å²) in [6.45, 7) is 4.89. The summed E-state index contributed by atoms with van der Waals surface area (Å²) < 4.78 is 17.0. The van der Waals surface area contributed by atoms with Crippen molar-refractivity contribution in [1.82, 2.24) is 5.43 Å². The first-order chi connectivity index (χ1) is 12.6. The number of rotatable bonds is 8. The van der Waals surface area contributed by atoms with Gasteiger partial charge in [0.05, 0.1) is 31.0 Å². The molecule has 0 aliphatic carbocycles. The number of carbonyl (C=O) groups excluding carboxylic acids is 1. The molecule has 138 valence electrons. The first-order valence-electron chi connectivity index (χ1n) is 8.15. The molecule has 1 amide bonds. The number of hydrazone groups is 1. The molecule has 0 fully saturated rings.